The zero-order valence-electron chi connectivity index (χ0n) is 9.64. The molecule has 80 valence electrons. The van der Waals surface area contributed by atoms with Crippen LogP contribution in [0.1, 0.15) is 58.8 Å². The van der Waals surface area contributed by atoms with Gasteiger partial charge in [0.15, 0.2) is 0 Å². The molecule has 0 saturated heterocycles. The van der Waals surface area contributed by atoms with Crippen LogP contribution in [0.2, 0.25) is 0 Å². The topological polar surface area (TPSA) is 9.23 Å². The summed E-state index contributed by atoms with van der Waals surface area (Å²) in [7, 11) is 1.19. The van der Waals surface area contributed by atoms with Crippen LogP contribution in [0, 0.1) is 0 Å². The molecule has 0 fully saturated rings. The summed E-state index contributed by atoms with van der Waals surface area (Å²) in [6.45, 7) is 5.46. The summed E-state index contributed by atoms with van der Waals surface area (Å²) < 4.78 is 5.66. The largest absolute Gasteiger partial charge is 0.383 e. The first-order valence-electron chi connectivity index (χ1n) is 5.92. The molecule has 0 aromatic carbocycles. The first kappa shape index (κ1) is 13.2. The zero-order valence-corrected chi connectivity index (χ0v) is 11.6. The summed E-state index contributed by atoms with van der Waals surface area (Å²) in [5, 5.41) is 0. The third-order valence-electron chi connectivity index (χ3n) is 2.48. The van der Waals surface area contributed by atoms with Gasteiger partial charge in [0.2, 0.25) is 0 Å². The number of hydrogen-bond acceptors (Lipinski definition) is 1. The van der Waals surface area contributed by atoms with E-state index in [1.807, 2.05) is 0 Å². The minimum absolute atomic E-state index is 0.593. The third kappa shape index (κ3) is 10.1. The minimum Gasteiger partial charge on any atom is -0.383 e. The summed E-state index contributed by atoms with van der Waals surface area (Å²) in [5.41, 5.74) is 0.593. The van der Waals surface area contributed by atoms with Crippen LogP contribution in [0.4, 0.5) is 0 Å². The Morgan fingerprint density at radius 1 is 1.00 bits per heavy atom. The van der Waals surface area contributed by atoms with Crippen molar-refractivity contribution < 1.29 is 4.74 Å². The van der Waals surface area contributed by atoms with E-state index in [4.69, 9.17) is 4.74 Å². The molecular formula is C11H26OSi. The van der Waals surface area contributed by atoms with Crippen LogP contribution in [0.5, 0.6) is 0 Å². The molecule has 0 aliphatic carbocycles. The van der Waals surface area contributed by atoms with Crippen molar-refractivity contribution in [3.05, 3.63) is 0 Å². The van der Waals surface area contributed by atoms with Gasteiger partial charge in [-0.15, -0.1) is 0 Å². The average Bonchev–Trinajstić information content (AvgIpc) is 2.16. The van der Waals surface area contributed by atoms with Crippen LogP contribution in [0.15, 0.2) is 0 Å². The molecule has 0 heterocycles. The van der Waals surface area contributed by atoms with Crippen molar-refractivity contribution in [1.82, 2.24) is 0 Å². The van der Waals surface area contributed by atoms with Gasteiger partial charge in [0.1, 0.15) is 0 Å². The van der Waals surface area contributed by atoms with E-state index in [0.717, 1.165) is 6.61 Å². The lowest BCUT2D eigenvalue weighted by Gasteiger charge is -2.09. The number of hydrogen-bond donors (Lipinski definition) is 0. The molecule has 0 spiro atoms. The highest BCUT2D eigenvalue weighted by atomic mass is 28.1. The van der Waals surface area contributed by atoms with Crippen LogP contribution >= 0.6 is 0 Å². The molecule has 1 unspecified atom stereocenters. The third-order valence-corrected chi connectivity index (χ3v) is 3.63. The van der Waals surface area contributed by atoms with E-state index >= 15 is 0 Å². The highest BCUT2D eigenvalue weighted by molar-refractivity contribution is 6.10. The van der Waals surface area contributed by atoms with E-state index in [1.165, 1.54) is 55.2 Å². The maximum absolute atomic E-state index is 5.66. The second-order valence-corrected chi connectivity index (χ2v) is 5.15. The molecule has 0 N–H and O–H groups in total. The second kappa shape index (κ2) is 10.3. The maximum atomic E-state index is 5.66. The quantitative estimate of drug-likeness (QED) is 0.412. The van der Waals surface area contributed by atoms with Gasteiger partial charge in [0.05, 0.1) is 0 Å². The number of rotatable bonds is 9. The number of unbranched alkanes of at least 4 members (excludes halogenated alkanes) is 5. The van der Waals surface area contributed by atoms with Crippen LogP contribution in [-0.4, -0.2) is 22.6 Å². The SMILES string of the molecule is CCCCCCCCOC([SiH3])CC. The molecule has 0 aliphatic heterocycles. The molecule has 0 radical (unpaired) electrons. The van der Waals surface area contributed by atoms with E-state index in [-0.39, 0.29) is 0 Å². The zero-order chi connectivity index (χ0) is 9.94. The van der Waals surface area contributed by atoms with Crippen molar-refractivity contribution in [1.29, 1.82) is 0 Å². The van der Waals surface area contributed by atoms with Crippen molar-refractivity contribution in [2.24, 2.45) is 0 Å². The Morgan fingerprint density at radius 3 is 2.23 bits per heavy atom. The first-order valence-corrected chi connectivity index (χ1v) is 7.08. The Balaban J connectivity index is 2.91. The second-order valence-electron chi connectivity index (χ2n) is 3.86. The van der Waals surface area contributed by atoms with Crippen molar-refractivity contribution in [3.8, 4) is 0 Å². The lowest BCUT2D eigenvalue weighted by Crippen LogP contribution is -2.11. The predicted molar refractivity (Wildman–Crippen MR) is 63.3 cm³/mol. The molecule has 0 aromatic rings. The van der Waals surface area contributed by atoms with Crippen LogP contribution in [0.3, 0.4) is 0 Å². The van der Waals surface area contributed by atoms with E-state index in [2.05, 4.69) is 13.8 Å². The molecule has 0 bridgehead atoms. The normalized spacial score (nSPS) is 13.4. The van der Waals surface area contributed by atoms with Gasteiger partial charge in [-0.05, 0) is 12.8 Å². The maximum Gasteiger partial charge on any atom is 0.0465 e. The molecule has 0 saturated carbocycles. The molecular weight excluding hydrogens is 176 g/mol. The van der Waals surface area contributed by atoms with Crippen molar-refractivity contribution in [2.45, 2.75) is 64.5 Å². The molecule has 1 atom stereocenters. The lowest BCUT2D eigenvalue weighted by atomic mass is 10.1. The molecule has 0 amide bonds. The number of ether oxygens (including phenoxy) is 1. The highest BCUT2D eigenvalue weighted by Crippen LogP contribution is 2.05. The van der Waals surface area contributed by atoms with E-state index in [9.17, 15) is 0 Å². The molecule has 13 heavy (non-hydrogen) atoms. The van der Waals surface area contributed by atoms with Gasteiger partial charge in [-0.2, -0.15) is 0 Å². The fraction of sp³-hybridized carbons (Fsp3) is 1.00. The Labute approximate surface area is 86.7 Å². The Morgan fingerprint density at radius 2 is 1.62 bits per heavy atom. The van der Waals surface area contributed by atoms with Gasteiger partial charge in [-0.3, -0.25) is 0 Å². The smallest absolute Gasteiger partial charge is 0.0465 e. The first-order chi connectivity index (χ1) is 6.31. The average molecular weight is 202 g/mol. The minimum atomic E-state index is 0.593. The van der Waals surface area contributed by atoms with Gasteiger partial charge in [-0.25, -0.2) is 0 Å². The molecule has 0 rings (SSSR count). The lowest BCUT2D eigenvalue weighted by molar-refractivity contribution is 0.101. The van der Waals surface area contributed by atoms with Crippen LogP contribution in [-0.2, 0) is 4.74 Å². The van der Waals surface area contributed by atoms with Crippen LogP contribution in [0.25, 0.3) is 0 Å². The van der Waals surface area contributed by atoms with Gasteiger partial charge < -0.3 is 4.74 Å². The van der Waals surface area contributed by atoms with Gasteiger partial charge in [0.25, 0.3) is 0 Å². The summed E-state index contributed by atoms with van der Waals surface area (Å²) >= 11 is 0. The molecule has 0 aliphatic rings. The fourth-order valence-corrected chi connectivity index (χ4v) is 1.52. The van der Waals surface area contributed by atoms with Gasteiger partial charge in [-0.1, -0.05) is 46.0 Å². The van der Waals surface area contributed by atoms with Crippen molar-refractivity contribution >= 4 is 10.2 Å². The fourth-order valence-electron chi connectivity index (χ4n) is 1.28. The summed E-state index contributed by atoms with van der Waals surface area (Å²) in [4.78, 5) is 0. The van der Waals surface area contributed by atoms with E-state index in [1.54, 1.807) is 0 Å². The Kier molecular flexibility index (Phi) is 10.4. The Hall–Kier alpha value is 0.177. The van der Waals surface area contributed by atoms with Crippen molar-refractivity contribution in [2.75, 3.05) is 6.61 Å². The predicted octanol–water partition coefficient (Wildman–Crippen LogP) is 2.47. The standard InChI is InChI=1S/C11H26OSi/c1-3-5-6-7-8-9-10-12-11(13)4-2/h11H,3-10H2,1-2,13H3. The molecule has 2 heteroatoms. The van der Waals surface area contributed by atoms with E-state index in [0.29, 0.717) is 5.73 Å². The summed E-state index contributed by atoms with van der Waals surface area (Å²) in [5.74, 6) is 0. The molecule has 1 nitrogen and oxygen atoms in total. The van der Waals surface area contributed by atoms with E-state index < -0.39 is 0 Å². The monoisotopic (exact) mass is 202 g/mol. The molecule has 0 aromatic heterocycles. The van der Waals surface area contributed by atoms with Gasteiger partial charge >= 0.3 is 0 Å². The van der Waals surface area contributed by atoms with Crippen molar-refractivity contribution in [3.63, 3.8) is 0 Å². The summed E-state index contributed by atoms with van der Waals surface area (Å²) in [6, 6.07) is 0. The summed E-state index contributed by atoms with van der Waals surface area (Å²) in [6.07, 6.45) is 9.38. The van der Waals surface area contributed by atoms with Crippen LogP contribution < -0.4 is 0 Å². The van der Waals surface area contributed by atoms with Gasteiger partial charge in [0, 0.05) is 22.6 Å². The Bertz CT molecular complexity index is 96.1. The highest BCUT2D eigenvalue weighted by Gasteiger charge is 1.96.